The van der Waals surface area contributed by atoms with Crippen molar-refractivity contribution in [2.45, 2.75) is 43.0 Å². The smallest absolute Gasteiger partial charge is 0.242 e. The maximum Gasteiger partial charge on any atom is 0.242 e. The molecule has 1 amide bonds. The van der Waals surface area contributed by atoms with Crippen LogP contribution in [0.5, 0.6) is 0 Å². The fraction of sp³-hybridized carbons (Fsp3) is 0.632. The zero-order chi connectivity index (χ0) is 20.7. The fourth-order valence-electron chi connectivity index (χ4n) is 3.85. The van der Waals surface area contributed by atoms with Crippen LogP contribution in [0.1, 0.15) is 32.1 Å². The van der Waals surface area contributed by atoms with E-state index in [-0.39, 0.29) is 47.4 Å². The highest BCUT2D eigenvalue weighted by atomic mass is 127. The molecule has 1 aliphatic heterocycles. The summed E-state index contributed by atoms with van der Waals surface area (Å²) in [5.41, 5.74) is 0. The van der Waals surface area contributed by atoms with Gasteiger partial charge in [-0.1, -0.05) is 12.8 Å². The minimum absolute atomic E-state index is 0. The first kappa shape index (κ1) is 24.8. The molecule has 0 radical (unpaired) electrons. The molecule has 11 heteroatoms. The van der Waals surface area contributed by atoms with Gasteiger partial charge in [0.1, 0.15) is 4.90 Å². The quantitative estimate of drug-likeness (QED) is 0.202. The summed E-state index contributed by atoms with van der Waals surface area (Å²) < 4.78 is 26.9. The Morgan fingerprint density at radius 1 is 1.27 bits per heavy atom. The summed E-state index contributed by atoms with van der Waals surface area (Å²) in [5, 5.41) is 6.44. The maximum absolute atomic E-state index is 12.6. The van der Waals surface area contributed by atoms with Crippen LogP contribution in [0.2, 0.25) is 0 Å². The number of guanidine groups is 1. The summed E-state index contributed by atoms with van der Waals surface area (Å²) in [6, 6.07) is 3.24. The van der Waals surface area contributed by atoms with Gasteiger partial charge in [-0.2, -0.15) is 0 Å². The summed E-state index contributed by atoms with van der Waals surface area (Å²) in [4.78, 5) is 22.7. The molecule has 1 aliphatic carbocycles. The second-order valence-corrected chi connectivity index (χ2v) is 9.25. The Morgan fingerprint density at radius 2 is 2.03 bits per heavy atom. The van der Waals surface area contributed by atoms with Gasteiger partial charge in [0.15, 0.2) is 5.96 Å². The Bertz CT molecular complexity index is 815. The van der Waals surface area contributed by atoms with Crippen LogP contribution < -0.4 is 15.4 Å². The first-order valence-electron chi connectivity index (χ1n) is 10.2. The van der Waals surface area contributed by atoms with Gasteiger partial charge in [0.05, 0.1) is 0 Å². The molecule has 2 aliphatic rings. The van der Waals surface area contributed by atoms with Crippen LogP contribution in [0, 0.1) is 5.92 Å². The van der Waals surface area contributed by atoms with Crippen molar-refractivity contribution in [1.29, 1.82) is 0 Å². The highest BCUT2D eigenvalue weighted by Crippen LogP contribution is 2.27. The SMILES string of the molecule is CN=C(NCCNS(=O)(=O)c1cccnc1)NC1CCN(C(=O)C2CCCC2)C1.I. The van der Waals surface area contributed by atoms with Crippen LogP contribution in [-0.2, 0) is 14.8 Å². The highest BCUT2D eigenvalue weighted by Gasteiger charge is 2.32. The van der Waals surface area contributed by atoms with E-state index in [0.29, 0.717) is 25.0 Å². The Morgan fingerprint density at radius 3 is 2.70 bits per heavy atom. The molecule has 0 aromatic carbocycles. The molecule has 1 atom stereocenters. The van der Waals surface area contributed by atoms with Crippen molar-refractivity contribution in [2.75, 3.05) is 33.2 Å². The highest BCUT2D eigenvalue weighted by molar-refractivity contribution is 14.0. The number of likely N-dealkylation sites (tertiary alicyclic amines) is 1. The van der Waals surface area contributed by atoms with Crippen LogP contribution in [0.3, 0.4) is 0 Å². The van der Waals surface area contributed by atoms with Crippen molar-refractivity contribution in [2.24, 2.45) is 10.9 Å². The fourth-order valence-corrected chi connectivity index (χ4v) is 4.85. The van der Waals surface area contributed by atoms with Crippen molar-refractivity contribution < 1.29 is 13.2 Å². The van der Waals surface area contributed by atoms with Gasteiger partial charge in [0.25, 0.3) is 0 Å². The largest absolute Gasteiger partial charge is 0.355 e. The van der Waals surface area contributed by atoms with Gasteiger partial charge in [0.2, 0.25) is 15.9 Å². The number of hydrogen-bond acceptors (Lipinski definition) is 5. The third-order valence-corrected chi connectivity index (χ3v) is 6.87. The molecular weight excluding hydrogens is 519 g/mol. The predicted octanol–water partition coefficient (Wildman–Crippen LogP) is 0.934. The van der Waals surface area contributed by atoms with Crippen molar-refractivity contribution in [3.63, 3.8) is 0 Å². The van der Waals surface area contributed by atoms with E-state index in [9.17, 15) is 13.2 Å². The van der Waals surface area contributed by atoms with Crippen molar-refractivity contribution in [3.8, 4) is 0 Å². The van der Waals surface area contributed by atoms with Crippen LogP contribution in [0.25, 0.3) is 0 Å². The van der Waals surface area contributed by atoms with E-state index in [1.165, 1.54) is 18.5 Å². The van der Waals surface area contributed by atoms with E-state index in [1.54, 1.807) is 13.1 Å². The summed E-state index contributed by atoms with van der Waals surface area (Å²) in [7, 11) is -1.90. The van der Waals surface area contributed by atoms with Crippen molar-refractivity contribution in [3.05, 3.63) is 24.5 Å². The molecule has 1 saturated heterocycles. The lowest BCUT2D eigenvalue weighted by molar-refractivity contribution is -0.134. The standard InChI is InChI=1S/C19H30N6O3S.HI/c1-20-19(22-10-11-23-29(27,28)17-7-4-9-21-13-17)24-16-8-12-25(14-16)18(26)15-5-2-3-6-15;/h4,7,9,13,15-16,23H,2-3,5-6,8,10-12,14H2,1H3,(H2,20,22,24);1H. The molecule has 2 heterocycles. The molecule has 1 aromatic heterocycles. The van der Waals surface area contributed by atoms with E-state index >= 15 is 0 Å². The van der Waals surface area contributed by atoms with E-state index in [1.807, 2.05) is 4.90 Å². The van der Waals surface area contributed by atoms with E-state index in [2.05, 4.69) is 25.3 Å². The second-order valence-electron chi connectivity index (χ2n) is 7.48. The summed E-state index contributed by atoms with van der Waals surface area (Å²) in [6.07, 6.45) is 8.08. The lowest BCUT2D eigenvalue weighted by Gasteiger charge is -2.21. The molecule has 9 nitrogen and oxygen atoms in total. The van der Waals surface area contributed by atoms with Crippen LogP contribution in [-0.4, -0.2) is 69.4 Å². The van der Waals surface area contributed by atoms with Gasteiger partial charge in [-0.15, -0.1) is 24.0 Å². The molecule has 1 unspecified atom stereocenters. The van der Waals surface area contributed by atoms with Crippen LogP contribution >= 0.6 is 24.0 Å². The molecular formula is C19H31IN6O3S. The third-order valence-electron chi connectivity index (χ3n) is 5.42. The maximum atomic E-state index is 12.6. The third kappa shape index (κ3) is 6.77. The van der Waals surface area contributed by atoms with Gasteiger partial charge < -0.3 is 15.5 Å². The van der Waals surface area contributed by atoms with Gasteiger partial charge in [-0.05, 0) is 31.4 Å². The Hall–Kier alpha value is -1.47. The minimum atomic E-state index is -3.57. The topological polar surface area (TPSA) is 116 Å². The minimum Gasteiger partial charge on any atom is -0.355 e. The van der Waals surface area contributed by atoms with Gasteiger partial charge in [0, 0.05) is 57.6 Å². The molecule has 1 aromatic rings. The number of aromatic nitrogens is 1. The normalized spacial score (nSPS) is 20.1. The number of halogens is 1. The monoisotopic (exact) mass is 550 g/mol. The lowest BCUT2D eigenvalue weighted by atomic mass is 10.1. The summed E-state index contributed by atoms with van der Waals surface area (Å²) in [6.45, 7) is 2.06. The van der Waals surface area contributed by atoms with Crippen LogP contribution in [0.15, 0.2) is 34.4 Å². The number of amides is 1. The average molecular weight is 550 g/mol. The molecule has 0 bridgehead atoms. The number of carbonyl (C=O) groups is 1. The number of nitrogens with zero attached hydrogens (tertiary/aromatic N) is 3. The van der Waals surface area contributed by atoms with Gasteiger partial charge >= 0.3 is 0 Å². The number of hydrogen-bond donors (Lipinski definition) is 3. The number of carbonyl (C=O) groups excluding carboxylic acids is 1. The molecule has 2 fully saturated rings. The summed E-state index contributed by atoms with van der Waals surface area (Å²) >= 11 is 0. The first-order chi connectivity index (χ1) is 14.0. The van der Waals surface area contributed by atoms with Crippen molar-refractivity contribution in [1.82, 2.24) is 25.2 Å². The Balaban J connectivity index is 0.00000320. The second kappa shape index (κ2) is 11.8. The first-order valence-corrected chi connectivity index (χ1v) is 11.6. The molecule has 3 N–H and O–H groups in total. The van der Waals surface area contributed by atoms with Gasteiger partial charge in [-0.25, -0.2) is 13.1 Å². The number of aliphatic imine (C=N–C) groups is 1. The Kier molecular flexibility index (Phi) is 9.75. The molecule has 0 spiro atoms. The van der Waals surface area contributed by atoms with E-state index in [4.69, 9.17) is 0 Å². The molecule has 3 rings (SSSR count). The zero-order valence-corrected chi connectivity index (χ0v) is 20.4. The number of pyridine rings is 1. The molecule has 1 saturated carbocycles. The molecule has 30 heavy (non-hydrogen) atoms. The lowest BCUT2D eigenvalue weighted by Crippen LogP contribution is -2.47. The summed E-state index contributed by atoms with van der Waals surface area (Å²) in [5.74, 6) is 1.10. The van der Waals surface area contributed by atoms with Gasteiger partial charge in [-0.3, -0.25) is 14.8 Å². The predicted molar refractivity (Wildman–Crippen MR) is 126 cm³/mol. The number of rotatable bonds is 7. The van der Waals surface area contributed by atoms with Crippen LogP contribution in [0.4, 0.5) is 0 Å². The molecule has 168 valence electrons. The van der Waals surface area contributed by atoms with Crippen molar-refractivity contribution >= 4 is 45.9 Å². The average Bonchev–Trinajstić information content (AvgIpc) is 3.42. The van der Waals surface area contributed by atoms with E-state index < -0.39 is 10.0 Å². The zero-order valence-electron chi connectivity index (χ0n) is 17.2. The Labute approximate surface area is 195 Å². The number of sulfonamides is 1. The number of nitrogens with one attached hydrogen (secondary N) is 3. The van der Waals surface area contributed by atoms with E-state index in [0.717, 1.165) is 38.6 Å².